The van der Waals surface area contributed by atoms with Crippen molar-refractivity contribution >= 4 is 17.5 Å². The van der Waals surface area contributed by atoms with Crippen molar-refractivity contribution in [3.05, 3.63) is 23.1 Å². The molecule has 1 fully saturated rings. The summed E-state index contributed by atoms with van der Waals surface area (Å²) < 4.78 is 5.24. The summed E-state index contributed by atoms with van der Waals surface area (Å²) in [5, 5.41) is 6.43. The molecule has 5 heteroatoms. The van der Waals surface area contributed by atoms with E-state index in [9.17, 15) is 4.79 Å². The number of amides is 1. The molecule has 2 N–H and O–H groups in total. The van der Waals surface area contributed by atoms with E-state index in [4.69, 9.17) is 16.0 Å². The second-order valence-electron chi connectivity index (χ2n) is 4.06. The first-order valence-electron chi connectivity index (χ1n) is 5.43. The van der Waals surface area contributed by atoms with Crippen molar-refractivity contribution in [2.45, 2.75) is 19.4 Å². The molecule has 2 atom stereocenters. The molecule has 88 valence electrons. The first-order valence-corrected chi connectivity index (χ1v) is 5.81. The molecule has 0 aliphatic carbocycles. The minimum absolute atomic E-state index is 0.0741. The van der Waals surface area contributed by atoms with Crippen LogP contribution in [0.4, 0.5) is 0 Å². The molecule has 0 bridgehead atoms. The minimum atomic E-state index is -0.138. The molecule has 2 heterocycles. The molecule has 1 aliphatic rings. The molecule has 1 aromatic rings. The highest BCUT2D eigenvalue weighted by Crippen LogP contribution is 2.20. The number of halogens is 1. The third kappa shape index (κ3) is 2.57. The predicted octanol–water partition coefficient (Wildman–Crippen LogP) is 1.72. The molecule has 0 aromatic carbocycles. The molecule has 2 rings (SSSR count). The van der Waals surface area contributed by atoms with Gasteiger partial charge in [-0.3, -0.25) is 4.79 Å². The molecule has 4 nitrogen and oxygen atoms in total. The van der Waals surface area contributed by atoms with E-state index in [2.05, 4.69) is 10.6 Å². The Hall–Kier alpha value is -1.00. The SMILES string of the molecule is CC(NC(=O)C1CCNC1)c1ccc(Cl)o1. The predicted molar refractivity (Wildman–Crippen MR) is 61.3 cm³/mol. The molecule has 16 heavy (non-hydrogen) atoms. The fraction of sp³-hybridized carbons (Fsp3) is 0.545. The van der Waals surface area contributed by atoms with Crippen molar-refractivity contribution in [2.24, 2.45) is 5.92 Å². The van der Waals surface area contributed by atoms with E-state index >= 15 is 0 Å². The number of hydrogen-bond acceptors (Lipinski definition) is 3. The van der Waals surface area contributed by atoms with Crippen LogP contribution in [-0.4, -0.2) is 19.0 Å². The summed E-state index contributed by atoms with van der Waals surface area (Å²) >= 11 is 5.68. The zero-order valence-electron chi connectivity index (χ0n) is 9.13. The maximum absolute atomic E-state index is 11.8. The van der Waals surface area contributed by atoms with Gasteiger partial charge in [0, 0.05) is 6.54 Å². The second-order valence-corrected chi connectivity index (χ2v) is 4.43. The lowest BCUT2D eigenvalue weighted by molar-refractivity contribution is -0.125. The third-order valence-electron chi connectivity index (χ3n) is 2.81. The maximum Gasteiger partial charge on any atom is 0.225 e. The Morgan fingerprint density at radius 3 is 3.06 bits per heavy atom. The first kappa shape index (κ1) is 11.5. The van der Waals surface area contributed by atoms with Gasteiger partial charge in [-0.05, 0) is 43.6 Å². The highest BCUT2D eigenvalue weighted by atomic mass is 35.5. The number of hydrogen-bond donors (Lipinski definition) is 2. The van der Waals surface area contributed by atoms with E-state index in [1.807, 2.05) is 6.92 Å². The van der Waals surface area contributed by atoms with Crippen molar-refractivity contribution in [1.82, 2.24) is 10.6 Å². The van der Waals surface area contributed by atoms with E-state index in [1.165, 1.54) is 0 Å². The largest absolute Gasteiger partial charge is 0.448 e. The van der Waals surface area contributed by atoms with Gasteiger partial charge in [0.1, 0.15) is 5.76 Å². The van der Waals surface area contributed by atoms with Crippen molar-refractivity contribution < 1.29 is 9.21 Å². The minimum Gasteiger partial charge on any atom is -0.448 e. The van der Waals surface area contributed by atoms with Crippen LogP contribution >= 0.6 is 11.6 Å². The summed E-state index contributed by atoms with van der Waals surface area (Å²) in [4.78, 5) is 11.8. The molecule has 1 aliphatic heterocycles. The summed E-state index contributed by atoms with van der Waals surface area (Å²) in [6.45, 7) is 3.56. The monoisotopic (exact) mass is 242 g/mol. The zero-order chi connectivity index (χ0) is 11.5. The van der Waals surface area contributed by atoms with Gasteiger partial charge in [-0.15, -0.1) is 0 Å². The van der Waals surface area contributed by atoms with Crippen molar-refractivity contribution in [2.75, 3.05) is 13.1 Å². The van der Waals surface area contributed by atoms with Crippen molar-refractivity contribution in [3.63, 3.8) is 0 Å². The van der Waals surface area contributed by atoms with Crippen LogP contribution in [0.15, 0.2) is 16.5 Å². The van der Waals surface area contributed by atoms with Crippen molar-refractivity contribution in [3.8, 4) is 0 Å². The van der Waals surface area contributed by atoms with Crippen LogP contribution in [0.5, 0.6) is 0 Å². The number of rotatable bonds is 3. The third-order valence-corrected chi connectivity index (χ3v) is 3.01. The van der Waals surface area contributed by atoms with Crippen LogP contribution in [0.2, 0.25) is 5.22 Å². The van der Waals surface area contributed by atoms with Gasteiger partial charge in [0.15, 0.2) is 5.22 Å². The summed E-state index contributed by atoms with van der Waals surface area (Å²) in [6, 6.07) is 3.32. The molecule has 1 amide bonds. The van der Waals surface area contributed by atoms with Crippen LogP contribution in [-0.2, 0) is 4.79 Å². The lowest BCUT2D eigenvalue weighted by Gasteiger charge is -2.14. The van der Waals surface area contributed by atoms with Crippen LogP contribution in [0.3, 0.4) is 0 Å². The molecular weight excluding hydrogens is 228 g/mol. The van der Waals surface area contributed by atoms with Gasteiger partial charge in [-0.2, -0.15) is 0 Å². The Labute approximate surface area is 99.3 Å². The van der Waals surface area contributed by atoms with Gasteiger partial charge < -0.3 is 15.1 Å². The molecule has 1 saturated heterocycles. The Kier molecular flexibility index (Phi) is 3.51. The molecule has 0 saturated carbocycles. The van der Waals surface area contributed by atoms with Crippen LogP contribution in [0.1, 0.15) is 25.1 Å². The van der Waals surface area contributed by atoms with Gasteiger partial charge in [0.05, 0.1) is 12.0 Å². The van der Waals surface area contributed by atoms with Gasteiger partial charge in [0.2, 0.25) is 5.91 Å². The standard InChI is InChI=1S/C11H15ClN2O2/c1-7(9-2-3-10(12)16-9)14-11(15)8-4-5-13-6-8/h2-3,7-8,13H,4-6H2,1H3,(H,14,15). The van der Waals surface area contributed by atoms with Crippen LogP contribution in [0, 0.1) is 5.92 Å². The van der Waals surface area contributed by atoms with E-state index in [0.717, 1.165) is 19.5 Å². The Morgan fingerprint density at radius 1 is 1.69 bits per heavy atom. The first-order chi connectivity index (χ1) is 7.66. The van der Waals surface area contributed by atoms with Gasteiger partial charge in [-0.1, -0.05) is 0 Å². The summed E-state index contributed by atoms with van der Waals surface area (Å²) in [5.74, 6) is 0.835. The van der Waals surface area contributed by atoms with E-state index in [-0.39, 0.29) is 17.9 Å². The number of nitrogens with one attached hydrogen (secondary N) is 2. The Balaban J connectivity index is 1.91. The lowest BCUT2D eigenvalue weighted by Crippen LogP contribution is -2.33. The van der Waals surface area contributed by atoms with E-state index < -0.39 is 0 Å². The fourth-order valence-corrected chi connectivity index (χ4v) is 1.99. The Bertz CT molecular complexity index is 372. The molecule has 0 spiro atoms. The second kappa shape index (κ2) is 4.89. The zero-order valence-corrected chi connectivity index (χ0v) is 9.88. The number of furan rings is 1. The fourth-order valence-electron chi connectivity index (χ4n) is 1.84. The smallest absolute Gasteiger partial charge is 0.225 e. The van der Waals surface area contributed by atoms with Crippen LogP contribution in [0.25, 0.3) is 0 Å². The average Bonchev–Trinajstić information content (AvgIpc) is 2.87. The molecule has 0 radical (unpaired) electrons. The normalized spacial score (nSPS) is 22.0. The summed E-state index contributed by atoms with van der Waals surface area (Å²) in [7, 11) is 0. The Morgan fingerprint density at radius 2 is 2.50 bits per heavy atom. The van der Waals surface area contributed by atoms with Gasteiger partial charge in [-0.25, -0.2) is 0 Å². The molecular formula is C11H15ClN2O2. The van der Waals surface area contributed by atoms with Gasteiger partial charge >= 0.3 is 0 Å². The van der Waals surface area contributed by atoms with Crippen LogP contribution < -0.4 is 10.6 Å². The molecule has 1 aromatic heterocycles. The summed E-state index contributed by atoms with van der Waals surface area (Å²) in [5.41, 5.74) is 0. The van der Waals surface area contributed by atoms with Crippen molar-refractivity contribution in [1.29, 1.82) is 0 Å². The lowest BCUT2D eigenvalue weighted by atomic mass is 10.1. The van der Waals surface area contributed by atoms with E-state index in [0.29, 0.717) is 11.0 Å². The highest BCUT2D eigenvalue weighted by Gasteiger charge is 2.24. The maximum atomic E-state index is 11.8. The average molecular weight is 243 g/mol. The number of carbonyl (C=O) groups is 1. The van der Waals surface area contributed by atoms with Gasteiger partial charge in [0.25, 0.3) is 0 Å². The van der Waals surface area contributed by atoms with E-state index in [1.54, 1.807) is 12.1 Å². The summed E-state index contributed by atoms with van der Waals surface area (Å²) in [6.07, 6.45) is 0.900. The highest BCUT2D eigenvalue weighted by molar-refractivity contribution is 6.28. The quantitative estimate of drug-likeness (QED) is 0.849. The number of carbonyl (C=O) groups excluding carboxylic acids is 1. The molecule has 2 unspecified atom stereocenters. The topological polar surface area (TPSA) is 54.3 Å².